The zero-order valence-electron chi connectivity index (χ0n) is 19.1. The maximum atomic E-state index is 13.4. The molecule has 0 spiro atoms. The number of rotatable bonds is 7. The number of amides is 1. The van der Waals surface area contributed by atoms with Gasteiger partial charge in [-0.05, 0) is 6.42 Å². The van der Waals surface area contributed by atoms with Crippen LogP contribution in [0.3, 0.4) is 0 Å². The van der Waals surface area contributed by atoms with E-state index in [1.807, 2.05) is 0 Å². The second kappa shape index (κ2) is 9.92. The van der Waals surface area contributed by atoms with E-state index in [1.165, 1.54) is 20.8 Å². The Morgan fingerprint density at radius 1 is 1.29 bits per heavy atom. The highest BCUT2D eigenvalue weighted by Gasteiger charge is 2.45. The van der Waals surface area contributed by atoms with Crippen molar-refractivity contribution in [3.63, 3.8) is 0 Å². The van der Waals surface area contributed by atoms with Crippen molar-refractivity contribution in [3.05, 3.63) is 20.8 Å². The molecule has 2 aromatic heterocycles. The molecule has 0 aromatic carbocycles. The van der Waals surface area contributed by atoms with Gasteiger partial charge in [-0.25, -0.2) is 9.36 Å². The van der Waals surface area contributed by atoms with Gasteiger partial charge in [0, 0.05) is 27.2 Å². The Bertz CT molecular complexity index is 1280. The standard InChI is InChI=1S/C21H25N5O8/c1-6-8-25-16-17(23-20(22-10(3)27)24-18(16)30)26(21(25)31)19-15(33-12(5)29)9-14(34-19)13(7-2)32-11(4)28/h1,13-15,19H,7-9H2,2-5H3,(H2,22,23,24,27,30)/t13-,14-,15+,19+/m0/s1. The number of fused-ring (bicyclic) bond motifs is 1. The molecule has 3 rings (SSSR count). The Balaban J connectivity index is 2.20. The summed E-state index contributed by atoms with van der Waals surface area (Å²) in [6, 6.07) is 0. The van der Waals surface area contributed by atoms with Crippen molar-refractivity contribution in [1.29, 1.82) is 0 Å². The molecular formula is C21H25N5O8. The second-order valence-electron chi connectivity index (χ2n) is 7.72. The molecule has 0 aliphatic carbocycles. The van der Waals surface area contributed by atoms with E-state index < -0.39 is 53.6 Å². The summed E-state index contributed by atoms with van der Waals surface area (Å²) in [5, 5.41) is 2.36. The predicted molar refractivity (Wildman–Crippen MR) is 118 cm³/mol. The molecule has 34 heavy (non-hydrogen) atoms. The lowest BCUT2D eigenvalue weighted by atomic mass is 10.1. The molecule has 0 saturated carbocycles. The van der Waals surface area contributed by atoms with Crippen LogP contribution in [0.4, 0.5) is 5.95 Å². The van der Waals surface area contributed by atoms with Gasteiger partial charge in [0.05, 0.1) is 6.54 Å². The first-order valence-electron chi connectivity index (χ1n) is 10.5. The van der Waals surface area contributed by atoms with Crippen LogP contribution >= 0.6 is 0 Å². The van der Waals surface area contributed by atoms with Gasteiger partial charge in [0.15, 0.2) is 17.4 Å². The molecule has 0 bridgehead atoms. The van der Waals surface area contributed by atoms with Gasteiger partial charge < -0.3 is 14.2 Å². The van der Waals surface area contributed by atoms with Crippen molar-refractivity contribution in [2.45, 2.75) is 71.6 Å². The van der Waals surface area contributed by atoms with Crippen molar-refractivity contribution in [2.75, 3.05) is 5.32 Å². The fourth-order valence-corrected chi connectivity index (χ4v) is 3.96. The number of carbonyl (C=O) groups is 3. The molecule has 1 saturated heterocycles. The molecular weight excluding hydrogens is 450 g/mol. The number of aromatic amines is 1. The molecule has 2 N–H and O–H groups in total. The summed E-state index contributed by atoms with van der Waals surface area (Å²) in [5.41, 5.74) is -1.71. The monoisotopic (exact) mass is 475 g/mol. The van der Waals surface area contributed by atoms with Gasteiger partial charge in [-0.2, -0.15) is 4.98 Å². The molecule has 0 radical (unpaired) electrons. The third kappa shape index (κ3) is 4.86. The number of aromatic nitrogens is 4. The van der Waals surface area contributed by atoms with Gasteiger partial charge in [0.1, 0.15) is 18.3 Å². The summed E-state index contributed by atoms with van der Waals surface area (Å²) in [6.45, 7) is 5.23. The van der Waals surface area contributed by atoms with Crippen molar-refractivity contribution >= 4 is 35.0 Å². The number of carbonyl (C=O) groups excluding carboxylic acids is 3. The van der Waals surface area contributed by atoms with E-state index in [-0.39, 0.29) is 30.1 Å². The lowest BCUT2D eigenvalue weighted by molar-refractivity contribution is -0.158. The van der Waals surface area contributed by atoms with Gasteiger partial charge in [-0.3, -0.25) is 34.0 Å². The smallest absolute Gasteiger partial charge is 0.333 e. The number of ether oxygens (including phenoxy) is 3. The Kier molecular flexibility index (Phi) is 7.21. The minimum atomic E-state index is -1.20. The number of hydrogen-bond acceptors (Lipinski definition) is 9. The average molecular weight is 475 g/mol. The van der Waals surface area contributed by atoms with Crippen LogP contribution in [-0.4, -0.2) is 55.3 Å². The van der Waals surface area contributed by atoms with Crippen molar-refractivity contribution in [1.82, 2.24) is 19.1 Å². The van der Waals surface area contributed by atoms with E-state index in [9.17, 15) is 24.0 Å². The zero-order chi connectivity index (χ0) is 25.2. The van der Waals surface area contributed by atoms with E-state index in [0.29, 0.717) is 6.42 Å². The lowest BCUT2D eigenvalue weighted by Gasteiger charge is -2.22. The van der Waals surface area contributed by atoms with Crippen molar-refractivity contribution in [2.24, 2.45) is 0 Å². The molecule has 182 valence electrons. The van der Waals surface area contributed by atoms with Gasteiger partial charge in [0.25, 0.3) is 5.56 Å². The topological polar surface area (TPSA) is 164 Å². The summed E-state index contributed by atoms with van der Waals surface area (Å²) in [4.78, 5) is 67.5. The third-order valence-electron chi connectivity index (χ3n) is 5.16. The highest BCUT2D eigenvalue weighted by Crippen LogP contribution is 2.35. The fourth-order valence-electron chi connectivity index (χ4n) is 3.96. The van der Waals surface area contributed by atoms with Crippen LogP contribution in [0.2, 0.25) is 0 Å². The number of anilines is 1. The van der Waals surface area contributed by atoms with Crippen LogP contribution in [0.1, 0.15) is 46.8 Å². The van der Waals surface area contributed by atoms with Crippen molar-refractivity contribution < 1.29 is 28.6 Å². The lowest BCUT2D eigenvalue weighted by Crippen LogP contribution is -2.34. The van der Waals surface area contributed by atoms with Crippen LogP contribution < -0.4 is 16.6 Å². The number of esters is 2. The molecule has 1 aliphatic heterocycles. The zero-order valence-corrected chi connectivity index (χ0v) is 19.1. The van der Waals surface area contributed by atoms with Crippen LogP contribution in [0.5, 0.6) is 0 Å². The molecule has 1 aliphatic rings. The molecule has 13 nitrogen and oxygen atoms in total. The Labute approximate surface area is 193 Å². The summed E-state index contributed by atoms with van der Waals surface area (Å²) in [6.07, 6.45) is 2.38. The predicted octanol–water partition coefficient (Wildman–Crippen LogP) is 0.0388. The Morgan fingerprint density at radius 3 is 2.56 bits per heavy atom. The first-order chi connectivity index (χ1) is 16.1. The first kappa shape index (κ1) is 24.7. The minimum Gasteiger partial charge on any atom is -0.460 e. The third-order valence-corrected chi connectivity index (χ3v) is 5.16. The van der Waals surface area contributed by atoms with Gasteiger partial charge in [-0.1, -0.05) is 12.8 Å². The number of H-pyrrole nitrogens is 1. The quantitative estimate of drug-likeness (QED) is 0.415. The maximum absolute atomic E-state index is 13.4. The number of imidazole rings is 1. The van der Waals surface area contributed by atoms with E-state index >= 15 is 0 Å². The van der Waals surface area contributed by atoms with Gasteiger partial charge >= 0.3 is 17.6 Å². The van der Waals surface area contributed by atoms with E-state index in [2.05, 4.69) is 21.2 Å². The highest BCUT2D eigenvalue weighted by molar-refractivity contribution is 5.87. The molecule has 1 fully saturated rings. The van der Waals surface area contributed by atoms with E-state index in [1.54, 1.807) is 6.92 Å². The van der Waals surface area contributed by atoms with Gasteiger partial charge in [0.2, 0.25) is 11.9 Å². The summed E-state index contributed by atoms with van der Waals surface area (Å²) in [5.74, 6) is 0.485. The van der Waals surface area contributed by atoms with E-state index in [4.69, 9.17) is 20.6 Å². The highest BCUT2D eigenvalue weighted by atomic mass is 16.6. The molecule has 0 unspecified atom stereocenters. The molecule has 2 aromatic rings. The largest absolute Gasteiger partial charge is 0.460 e. The second-order valence-corrected chi connectivity index (χ2v) is 7.72. The minimum absolute atomic E-state index is 0.117. The van der Waals surface area contributed by atoms with Crippen LogP contribution in [-0.2, 0) is 35.1 Å². The number of nitrogens with one attached hydrogen (secondary N) is 2. The molecule has 13 heteroatoms. The van der Waals surface area contributed by atoms with Crippen LogP contribution in [0, 0.1) is 12.3 Å². The number of terminal acetylenes is 1. The van der Waals surface area contributed by atoms with Crippen LogP contribution in [0.25, 0.3) is 11.2 Å². The maximum Gasteiger partial charge on any atom is 0.333 e. The summed E-state index contributed by atoms with van der Waals surface area (Å²) < 4.78 is 18.9. The molecule has 1 amide bonds. The van der Waals surface area contributed by atoms with Crippen molar-refractivity contribution in [3.8, 4) is 12.3 Å². The normalized spacial score (nSPS) is 20.5. The number of hydrogen-bond donors (Lipinski definition) is 2. The fraction of sp³-hybridized carbons (Fsp3) is 0.524. The summed E-state index contributed by atoms with van der Waals surface area (Å²) >= 11 is 0. The van der Waals surface area contributed by atoms with Gasteiger partial charge in [-0.15, -0.1) is 6.42 Å². The van der Waals surface area contributed by atoms with E-state index in [0.717, 1.165) is 9.13 Å². The average Bonchev–Trinajstić information content (AvgIpc) is 3.24. The molecule has 3 heterocycles. The Morgan fingerprint density at radius 2 is 2.00 bits per heavy atom. The first-order valence-corrected chi connectivity index (χ1v) is 10.5. The number of nitrogens with zero attached hydrogens (tertiary/aromatic N) is 3. The SMILES string of the molecule is C#CCn1c(=O)n([C@@H]2O[C@H]([C@H](CC)OC(C)=O)C[C@H]2OC(C)=O)c2nc(NC(C)=O)[nH]c(=O)c21. The molecule has 4 atom stereocenters. The van der Waals surface area contributed by atoms with Crippen LogP contribution in [0.15, 0.2) is 9.59 Å². The summed E-state index contributed by atoms with van der Waals surface area (Å²) in [7, 11) is 0. The Hall–Kier alpha value is -3.92.